The SMILES string of the molecule is c1ccc(-c2[nH]c3ccccc3c2C2=NCCN2)cc1. The number of aromatic amines is 1. The Bertz CT molecular complexity index is 784. The molecular formula is C17H15N3. The molecule has 1 aromatic heterocycles. The van der Waals surface area contributed by atoms with Crippen molar-refractivity contribution in [1.29, 1.82) is 0 Å². The van der Waals surface area contributed by atoms with Gasteiger partial charge < -0.3 is 10.3 Å². The Hall–Kier alpha value is -2.55. The molecule has 98 valence electrons. The second-order valence-electron chi connectivity index (χ2n) is 4.94. The summed E-state index contributed by atoms with van der Waals surface area (Å²) in [7, 11) is 0. The maximum absolute atomic E-state index is 4.60. The lowest BCUT2D eigenvalue weighted by Gasteiger charge is -2.05. The Kier molecular flexibility index (Phi) is 2.56. The monoisotopic (exact) mass is 261 g/mol. The van der Waals surface area contributed by atoms with Gasteiger partial charge in [0.25, 0.3) is 0 Å². The maximum atomic E-state index is 4.60. The lowest BCUT2D eigenvalue weighted by atomic mass is 10.0. The Morgan fingerprint density at radius 2 is 1.70 bits per heavy atom. The number of nitrogens with zero attached hydrogens (tertiary/aromatic N) is 1. The quantitative estimate of drug-likeness (QED) is 0.730. The summed E-state index contributed by atoms with van der Waals surface area (Å²) in [5.41, 5.74) is 4.66. The second-order valence-corrected chi connectivity index (χ2v) is 4.94. The summed E-state index contributed by atoms with van der Waals surface area (Å²) in [5.74, 6) is 1.00. The van der Waals surface area contributed by atoms with Crippen LogP contribution in [0.3, 0.4) is 0 Å². The van der Waals surface area contributed by atoms with Gasteiger partial charge in [0.2, 0.25) is 0 Å². The van der Waals surface area contributed by atoms with Crippen molar-refractivity contribution in [2.75, 3.05) is 13.1 Å². The Balaban J connectivity index is 2.02. The molecule has 3 aromatic rings. The van der Waals surface area contributed by atoms with Crippen molar-refractivity contribution >= 4 is 16.7 Å². The van der Waals surface area contributed by atoms with Crippen LogP contribution in [0.25, 0.3) is 22.2 Å². The summed E-state index contributed by atoms with van der Waals surface area (Å²) >= 11 is 0. The topological polar surface area (TPSA) is 40.2 Å². The fraction of sp³-hybridized carbons (Fsp3) is 0.118. The molecule has 1 aliphatic rings. The van der Waals surface area contributed by atoms with Crippen LogP contribution in [-0.2, 0) is 0 Å². The van der Waals surface area contributed by atoms with Crippen molar-refractivity contribution in [2.24, 2.45) is 4.99 Å². The highest BCUT2D eigenvalue weighted by atomic mass is 15.1. The van der Waals surface area contributed by atoms with Crippen molar-refractivity contribution in [3.63, 3.8) is 0 Å². The molecule has 2 N–H and O–H groups in total. The molecule has 0 atom stereocenters. The summed E-state index contributed by atoms with van der Waals surface area (Å²) in [4.78, 5) is 8.14. The molecule has 2 heterocycles. The molecule has 0 bridgehead atoms. The van der Waals surface area contributed by atoms with E-state index in [4.69, 9.17) is 0 Å². The van der Waals surface area contributed by atoms with E-state index < -0.39 is 0 Å². The van der Waals surface area contributed by atoms with Crippen molar-refractivity contribution in [3.05, 3.63) is 60.2 Å². The predicted molar refractivity (Wildman–Crippen MR) is 83.1 cm³/mol. The van der Waals surface area contributed by atoms with E-state index >= 15 is 0 Å². The molecule has 2 aromatic carbocycles. The fourth-order valence-electron chi connectivity index (χ4n) is 2.77. The summed E-state index contributed by atoms with van der Waals surface area (Å²) in [5, 5.41) is 4.61. The van der Waals surface area contributed by atoms with Crippen molar-refractivity contribution in [1.82, 2.24) is 10.3 Å². The van der Waals surface area contributed by atoms with Gasteiger partial charge >= 0.3 is 0 Å². The number of aliphatic imine (C=N–C) groups is 1. The molecule has 0 spiro atoms. The lowest BCUT2D eigenvalue weighted by Crippen LogP contribution is -2.19. The van der Waals surface area contributed by atoms with E-state index in [1.54, 1.807) is 0 Å². The van der Waals surface area contributed by atoms with Crippen molar-refractivity contribution in [2.45, 2.75) is 0 Å². The lowest BCUT2D eigenvalue weighted by molar-refractivity contribution is 0.960. The number of hydrogen-bond acceptors (Lipinski definition) is 2. The molecular weight excluding hydrogens is 246 g/mol. The fourth-order valence-corrected chi connectivity index (χ4v) is 2.77. The largest absolute Gasteiger partial charge is 0.368 e. The van der Waals surface area contributed by atoms with E-state index in [-0.39, 0.29) is 0 Å². The van der Waals surface area contributed by atoms with Crippen LogP contribution in [0.5, 0.6) is 0 Å². The molecule has 0 unspecified atom stereocenters. The zero-order valence-electron chi connectivity index (χ0n) is 11.1. The number of nitrogens with one attached hydrogen (secondary N) is 2. The van der Waals surface area contributed by atoms with Crippen LogP contribution in [0, 0.1) is 0 Å². The first-order valence-electron chi connectivity index (χ1n) is 6.88. The summed E-state index contributed by atoms with van der Waals surface area (Å²) < 4.78 is 0. The molecule has 0 aliphatic carbocycles. The van der Waals surface area contributed by atoms with Crippen LogP contribution in [0.1, 0.15) is 5.56 Å². The molecule has 1 aliphatic heterocycles. The van der Waals surface area contributed by atoms with Gasteiger partial charge in [-0.1, -0.05) is 48.5 Å². The van der Waals surface area contributed by atoms with Crippen LogP contribution in [0.4, 0.5) is 0 Å². The molecule has 3 heteroatoms. The highest BCUT2D eigenvalue weighted by Gasteiger charge is 2.19. The van der Waals surface area contributed by atoms with Crippen LogP contribution in [0.2, 0.25) is 0 Å². The van der Waals surface area contributed by atoms with Gasteiger partial charge in [0, 0.05) is 23.0 Å². The summed E-state index contributed by atoms with van der Waals surface area (Å²) in [6.07, 6.45) is 0. The first-order valence-corrected chi connectivity index (χ1v) is 6.88. The van der Waals surface area contributed by atoms with E-state index in [1.165, 1.54) is 16.5 Å². The Labute approximate surface area is 117 Å². The van der Waals surface area contributed by atoms with E-state index in [9.17, 15) is 0 Å². The number of fused-ring (bicyclic) bond motifs is 1. The summed E-state index contributed by atoms with van der Waals surface area (Å²) in [6, 6.07) is 18.8. The van der Waals surface area contributed by atoms with Gasteiger partial charge in [-0.3, -0.25) is 4.99 Å². The van der Waals surface area contributed by atoms with Gasteiger partial charge in [-0.2, -0.15) is 0 Å². The minimum atomic E-state index is 0.850. The van der Waals surface area contributed by atoms with Gasteiger partial charge in [0.1, 0.15) is 5.84 Å². The van der Waals surface area contributed by atoms with Gasteiger partial charge in [-0.25, -0.2) is 0 Å². The Morgan fingerprint density at radius 3 is 2.50 bits per heavy atom. The number of H-pyrrole nitrogens is 1. The predicted octanol–water partition coefficient (Wildman–Crippen LogP) is 3.18. The molecule has 3 nitrogen and oxygen atoms in total. The minimum Gasteiger partial charge on any atom is -0.368 e. The second kappa shape index (κ2) is 4.53. The maximum Gasteiger partial charge on any atom is 0.131 e. The van der Waals surface area contributed by atoms with Crippen LogP contribution in [0.15, 0.2) is 59.6 Å². The van der Waals surface area contributed by atoms with Gasteiger partial charge in [0.15, 0.2) is 0 Å². The average Bonchev–Trinajstić information content (AvgIpc) is 3.14. The molecule has 4 rings (SSSR count). The molecule has 0 amide bonds. The number of aromatic nitrogens is 1. The zero-order valence-corrected chi connectivity index (χ0v) is 11.1. The van der Waals surface area contributed by atoms with Gasteiger partial charge in [0.05, 0.1) is 12.2 Å². The van der Waals surface area contributed by atoms with Gasteiger partial charge in [-0.05, 0) is 11.6 Å². The van der Waals surface area contributed by atoms with Crippen molar-refractivity contribution in [3.8, 4) is 11.3 Å². The van der Waals surface area contributed by atoms with Crippen LogP contribution < -0.4 is 5.32 Å². The number of benzene rings is 2. The third-order valence-corrected chi connectivity index (χ3v) is 3.68. The van der Waals surface area contributed by atoms with E-state index in [0.717, 1.165) is 30.1 Å². The standard InChI is InChI=1S/C17H15N3/c1-2-6-12(7-3-1)16-15(17-18-10-11-19-17)13-8-4-5-9-14(13)20-16/h1-9,20H,10-11H2,(H,18,19). The summed E-state index contributed by atoms with van der Waals surface area (Å²) in [6.45, 7) is 1.77. The van der Waals surface area contributed by atoms with E-state index in [0.29, 0.717) is 0 Å². The molecule has 0 radical (unpaired) electrons. The highest BCUT2D eigenvalue weighted by molar-refractivity contribution is 6.15. The highest BCUT2D eigenvalue weighted by Crippen LogP contribution is 2.30. The van der Waals surface area contributed by atoms with Crippen LogP contribution in [-0.4, -0.2) is 23.9 Å². The third kappa shape index (κ3) is 1.71. The number of para-hydroxylation sites is 1. The molecule has 0 saturated heterocycles. The first kappa shape index (κ1) is 11.3. The average molecular weight is 261 g/mol. The van der Waals surface area contributed by atoms with E-state index in [1.807, 2.05) is 6.07 Å². The number of rotatable bonds is 2. The smallest absolute Gasteiger partial charge is 0.131 e. The van der Waals surface area contributed by atoms with Crippen LogP contribution >= 0.6 is 0 Å². The third-order valence-electron chi connectivity index (χ3n) is 3.68. The first-order chi connectivity index (χ1) is 9.93. The molecule has 0 fully saturated rings. The molecule has 20 heavy (non-hydrogen) atoms. The number of hydrogen-bond donors (Lipinski definition) is 2. The molecule has 0 saturated carbocycles. The van der Waals surface area contributed by atoms with Gasteiger partial charge in [-0.15, -0.1) is 0 Å². The Morgan fingerprint density at radius 1 is 0.900 bits per heavy atom. The normalized spacial score (nSPS) is 14.3. The van der Waals surface area contributed by atoms with Crippen molar-refractivity contribution < 1.29 is 0 Å². The van der Waals surface area contributed by atoms with E-state index in [2.05, 4.69) is 63.8 Å². The zero-order chi connectivity index (χ0) is 13.4. The number of amidine groups is 1. The minimum absolute atomic E-state index is 0.850.